The molecule has 0 aromatic rings. The van der Waals surface area contributed by atoms with E-state index >= 15 is 0 Å². The van der Waals surface area contributed by atoms with Crippen LogP contribution in [0.25, 0.3) is 5.32 Å². The first-order valence-electron chi connectivity index (χ1n) is 11.6. The Balaban J connectivity index is 0. The number of aliphatic carboxylic acids is 1. The first-order valence-corrected chi connectivity index (χ1v) is 11.6. The number of carbonyl (C=O) groups excluding carboxylic acids is 5. The van der Waals surface area contributed by atoms with Gasteiger partial charge in [0.1, 0.15) is 11.7 Å². The maximum Gasteiger partial charge on any atom is 2.00 e. The second kappa shape index (κ2) is 17.9. The van der Waals surface area contributed by atoms with E-state index in [0.717, 1.165) is 6.92 Å². The van der Waals surface area contributed by atoms with Crippen molar-refractivity contribution in [3.05, 3.63) is 12.2 Å². The van der Waals surface area contributed by atoms with Crippen LogP contribution in [0.2, 0.25) is 0 Å². The molecule has 0 radical (unpaired) electrons. The molecule has 1 unspecified atom stereocenters. The zero-order valence-electron chi connectivity index (χ0n) is 21.3. The van der Waals surface area contributed by atoms with E-state index in [4.69, 9.17) is 10.8 Å². The number of hydrogen-bond donors (Lipinski definition) is 5. The van der Waals surface area contributed by atoms with Crippen LogP contribution in [0.3, 0.4) is 0 Å². The van der Waals surface area contributed by atoms with Crippen molar-refractivity contribution in [1.29, 1.82) is 0 Å². The van der Waals surface area contributed by atoms with Crippen LogP contribution >= 0.6 is 0 Å². The van der Waals surface area contributed by atoms with Crippen molar-refractivity contribution < 1.29 is 54.9 Å². The molecule has 13 heteroatoms. The zero-order valence-corrected chi connectivity index (χ0v) is 23.6. The minimum absolute atomic E-state index is 0. The molecule has 0 bridgehead atoms. The Morgan fingerprint density at radius 3 is 1.92 bits per heavy atom. The SMILES string of the molecule is CCC(C)(C)C(=O)NCC(=O)NCC(=O)NCC(=O)[N-]C(C(C)=O)C(=O)O.[CH2+][C@@H]1CCCC[C@H]1N.[Pt+2]. The minimum Gasteiger partial charge on any atom is -0.634 e. The molecule has 3 atom stereocenters. The molecule has 12 nitrogen and oxygen atoms in total. The van der Waals surface area contributed by atoms with Crippen molar-refractivity contribution in [2.75, 3.05) is 19.6 Å². The summed E-state index contributed by atoms with van der Waals surface area (Å²) in [5.41, 5.74) is 5.10. The zero-order chi connectivity index (χ0) is 27.2. The summed E-state index contributed by atoms with van der Waals surface area (Å²) < 4.78 is 0. The number of carbonyl (C=O) groups is 6. The monoisotopic (exact) mass is 692 g/mol. The quantitative estimate of drug-likeness (QED) is 0.148. The van der Waals surface area contributed by atoms with Gasteiger partial charge in [0.25, 0.3) is 5.97 Å². The Bertz CT molecular complexity index is 752. The molecule has 0 aromatic carbocycles. The number of rotatable bonds is 11. The standard InChI is InChI=1S/C16H26N4O7.C7H14N.Pt/c1-5-16(3,4)15(27)19-7-11(23)17-6-10(22)18-8-12(24)20-13(9(2)21)14(25)26;1-6-4-2-3-5-7(6)8;/h13H,5-8H2,1-4H3,(H5,17,18,19,20,22,23,24,25,26,27);6-7H,1-5,8H2;/q;+1;+2/p-1/t;6-,7-;/m.1./s1. The summed E-state index contributed by atoms with van der Waals surface area (Å²) in [4.78, 5) is 68.2. The number of carboxylic acid groups (broad SMARTS) is 1. The van der Waals surface area contributed by atoms with E-state index in [9.17, 15) is 28.8 Å². The van der Waals surface area contributed by atoms with Gasteiger partial charge in [-0.1, -0.05) is 27.2 Å². The van der Waals surface area contributed by atoms with Crippen LogP contribution in [0.4, 0.5) is 0 Å². The van der Waals surface area contributed by atoms with Crippen molar-refractivity contribution in [3.63, 3.8) is 0 Å². The van der Waals surface area contributed by atoms with Crippen molar-refractivity contribution in [1.82, 2.24) is 16.0 Å². The Kier molecular flexibility index (Phi) is 17.7. The largest absolute Gasteiger partial charge is 2.00 e. The number of hydrogen-bond acceptors (Lipinski definition) is 7. The average molecular weight is 693 g/mol. The average Bonchev–Trinajstić information content (AvgIpc) is 2.80. The summed E-state index contributed by atoms with van der Waals surface area (Å²) in [6.45, 7) is 8.86. The van der Waals surface area contributed by atoms with E-state index < -0.39 is 54.0 Å². The summed E-state index contributed by atoms with van der Waals surface area (Å²) in [5, 5.41) is 18.8. The van der Waals surface area contributed by atoms with Gasteiger partial charge in [-0.05, 0) is 32.6 Å². The third kappa shape index (κ3) is 14.8. The summed E-state index contributed by atoms with van der Waals surface area (Å²) in [7, 11) is 0. The molecule has 0 saturated heterocycles. The van der Waals surface area contributed by atoms with Gasteiger partial charge in [0.15, 0.2) is 0 Å². The first-order chi connectivity index (χ1) is 16.2. The molecule has 1 aliphatic rings. The van der Waals surface area contributed by atoms with Crippen LogP contribution in [0.5, 0.6) is 0 Å². The third-order valence-corrected chi connectivity index (χ3v) is 5.65. The smallest absolute Gasteiger partial charge is 0.634 e. The molecule has 36 heavy (non-hydrogen) atoms. The van der Waals surface area contributed by atoms with Gasteiger partial charge >= 0.3 is 21.1 Å². The van der Waals surface area contributed by atoms with E-state index in [1.807, 2.05) is 6.92 Å². The van der Waals surface area contributed by atoms with Gasteiger partial charge in [-0.2, -0.15) is 0 Å². The van der Waals surface area contributed by atoms with Crippen LogP contribution in [-0.4, -0.2) is 72.2 Å². The van der Waals surface area contributed by atoms with Gasteiger partial charge in [-0.15, -0.1) is 0 Å². The van der Waals surface area contributed by atoms with Crippen LogP contribution in [-0.2, 0) is 49.8 Å². The molecular weight excluding hydrogens is 653 g/mol. The Morgan fingerprint density at radius 1 is 1.00 bits per heavy atom. The molecule has 0 heterocycles. The van der Waals surface area contributed by atoms with Gasteiger partial charge in [-0.3, -0.25) is 19.2 Å². The van der Waals surface area contributed by atoms with E-state index in [-0.39, 0.29) is 33.5 Å². The number of ketones is 1. The molecule has 0 aliphatic heterocycles. The van der Waals surface area contributed by atoms with Crippen LogP contribution < -0.4 is 21.7 Å². The first kappa shape index (κ1) is 35.7. The molecule has 1 rings (SSSR count). The molecule has 4 amide bonds. The molecule has 1 fully saturated rings. The third-order valence-electron chi connectivity index (χ3n) is 5.65. The van der Waals surface area contributed by atoms with Crippen molar-refractivity contribution in [2.24, 2.45) is 17.1 Å². The summed E-state index contributed by atoms with van der Waals surface area (Å²) >= 11 is 0. The van der Waals surface area contributed by atoms with Crippen LogP contribution in [0.15, 0.2) is 0 Å². The van der Waals surface area contributed by atoms with Crippen molar-refractivity contribution >= 4 is 35.4 Å². The van der Waals surface area contributed by atoms with Crippen molar-refractivity contribution in [2.45, 2.75) is 71.9 Å². The van der Waals surface area contributed by atoms with E-state index in [2.05, 4.69) is 28.2 Å². The maximum absolute atomic E-state index is 11.8. The fourth-order valence-corrected chi connectivity index (χ4v) is 2.78. The topological polar surface area (TPSA) is 199 Å². The normalized spacial score (nSPS) is 17.6. The molecular formula is C23H39N5O7Pt+2. The fraction of sp³-hybridized carbons (Fsp3) is 0.696. The van der Waals surface area contributed by atoms with Crippen LogP contribution in [0.1, 0.15) is 59.8 Å². The van der Waals surface area contributed by atoms with Gasteiger partial charge < -0.3 is 41.7 Å². The fourth-order valence-electron chi connectivity index (χ4n) is 2.78. The summed E-state index contributed by atoms with van der Waals surface area (Å²) in [5.74, 6) is -4.46. The number of nitrogens with zero attached hydrogens (tertiary/aromatic N) is 1. The predicted octanol–water partition coefficient (Wildman–Crippen LogP) is 0.0492. The second-order valence-corrected chi connectivity index (χ2v) is 9.06. The molecule has 6 N–H and O–H groups in total. The summed E-state index contributed by atoms with van der Waals surface area (Å²) in [6, 6.07) is -1.42. The van der Waals surface area contributed by atoms with Gasteiger partial charge in [0.2, 0.25) is 17.7 Å². The van der Waals surface area contributed by atoms with E-state index in [1.54, 1.807) is 13.8 Å². The van der Waals surface area contributed by atoms with Gasteiger partial charge in [-0.25, -0.2) is 0 Å². The molecule has 1 aliphatic carbocycles. The Morgan fingerprint density at radius 2 is 1.50 bits per heavy atom. The van der Waals surface area contributed by atoms with E-state index in [1.165, 1.54) is 25.7 Å². The molecule has 0 aromatic heterocycles. The minimum atomic E-state index is -1.81. The van der Waals surface area contributed by atoms with Gasteiger partial charge in [0.05, 0.1) is 32.5 Å². The van der Waals surface area contributed by atoms with Crippen LogP contribution in [0, 0.1) is 18.3 Å². The van der Waals surface area contributed by atoms with Crippen molar-refractivity contribution in [3.8, 4) is 0 Å². The number of Topliss-reactive ketones (excluding diaryl/α,β-unsaturated/α-hetero) is 1. The number of carboxylic acids is 1. The number of nitrogens with one attached hydrogen (secondary N) is 3. The van der Waals surface area contributed by atoms with E-state index in [0.29, 0.717) is 18.4 Å². The van der Waals surface area contributed by atoms with Gasteiger partial charge in [0, 0.05) is 17.5 Å². The predicted molar refractivity (Wildman–Crippen MR) is 129 cm³/mol. The number of amides is 4. The Hall–Kier alpha value is -2.46. The number of nitrogens with two attached hydrogens (primary N) is 1. The molecule has 1 saturated carbocycles. The Labute approximate surface area is 226 Å². The molecule has 0 spiro atoms. The maximum atomic E-state index is 11.8. The second-order valence-electron chi connectivity index (χ2n) is 9.06. The summed E-state index contributed by atoms with van der Waals surface area (Å²) in [6.07, 6.45) is 5.67. The molecule has 206 valence electrons.